The summed E-state index contributed by atoms with van der Waals surface area (Å²) in [5.41, 5.74) is 5.45. The summed E-state index contributed by atoms with van der Waals surface area (Å²) >= 11 is 1.69. The molecule has 1 aromatic heterocycles. The van der Waals surface area contributed by atoms with Crippen molar-refractivity contribution in [1.29, 1.82) is 0 Å². The van der Waals surface area contributed by atoms with Crippen LogP contribution >= 0.6 is 23.7 Å². The van der Waals surface area contributed by atoms with Gasteiger partial charge in [0.1, 0.15) is 0 Å². The first-order valence-corrected chi connectivity index (χ1v) is 7.77. The monoisotopic (exact) mass is 316 g/mol. The van der Waals surface area contributed by atoms with E-state index in [0.717, 1.165) is 32.2 Å². The molecular formula is C15H25ClN2OS. The summed E-state index contributed by atoms with van der Waals surface area (Å²) in [6.07, 6.45) is 6.64. The lowest BCUT2D eigenvalue weighted by Gasteiger charge is -2.20. The molecule has 0 fully saturated rings. The molecule has 0 saturated heterocycles. The van der Waals surface area contributed by atoms with E-state index < -0.39 is 0 Å². The molecule has 20 heavy (non-hydrogen) atoms. The Labute approximate surface area is 132 Å². The second-order valence-corrected chi connectivity index (χ2v) is 5.63. The number of thiophene rings is 1. The molecule has 1 amide bonds. The maximum Gasteiger partial charge on any atom is 0.223 e. The predicted molar refractivity (Wildman–Crippen MR) is 89.3 cm³/mol. The van der Waals surface area contributed by atoms with Crippen molar-refractivity contribution in [3.63, 3.8) is 0 Å². The smallest absolute Gasteiger partial charge is 0.223 e. The van der Waals surface area contributed by atoms with Crippen LogP contribution in [0.25, 0.3) is 0 Å². The van der Waals surface area contributed by atoms with Gasteiger partial charge in [0.15, 0.2) is 0 Å². The van der Waals surface area contributed by atoms with Crippen molar-refractivity contribution in [3.05, 3.63) is 35.0 Å². The van der Waals surface area contributed by atoms with E-state index in [2.05, 4.69) is 12.6 Å². The molecule has 3 nitrogen and oxygen atoms in total. The van der Waals surface area contributed by atoms with Crippen LogP contribution in [0.15, 0.2) is 30.2 Å². The van der Waals surface area contributed by atoms with Gasteiger partial charge >= 0.3 is 0 Å². The summed E-state index contributed by atoms with van der Waals surface area (Å²) in [5, 5.41) is 2.04. The number of halogens is 1. The van der Waals surface area contributed by atoms with Crippen molar-refractivity contribution in [2.75, 3.05) is 13.1 Å². The first kappa shape index (κ1) is 19.2. The van der Waals surface area contributed by atoms with Crippen LogP contribution < -0.4 is 5.73 Å². The van der Waals surface area contributed by atoms with Crippen LogP contribution in [0.5, 0.6) is 0 Å². The fraction of sp³-hybridized carbons (Fsp3) is 0.533. The Morgan fingerprint density at radius 3 is 2.70 bits per heavy atom. The van der Waals surface area contributed by atoms with E-state index >= 15 is 0 Å². The lowest BCUT2D eigenvalue weighted by molar-refractivity contribution is -0.131. The Morgan fingerprint density at radius 1 is 1.35 bits per heavy atom. The van der Waals surface area contributed by atoms with Crippen LogP contribution in [0.1, 0.15) is 37.0 Å². The lowest BCUT2D eigenvalue weighted by atomic mass is 10.1. The van der Waals surface area contributed by atoms with Crippen LogP contribution in [-0.2, 0) is 11.3 Å². The summed E-state index contributed by atoms with van der Waals surface area (Å²) in [6.45, 7) is 5.80. The zero-order valence-corrected chi connectivity index (χ0v) is 13.6. The average molecular weight is 317 g/mol. The fourth-order valence-corrected chi connectivity index (χ4v) is 2.65. The van der Waals surface area contributed by atoms with Gasteiger partial charge in [-0.2, -0.15) is 0 Å². The first-order valence-electron chi connectivity index (χ1n) is 6.89. The van der Waals surface area contributed by atoms with Gasteiger partial charge in [-0.25, -0.2) is 0 Å². The van der Waals surface area contributed by atoms with Gasteiger partial charge in [0.2, 0.25) is 5.91 Å². The highest BCUT2D eigenvalue weighted by molar-refractivity contribution is 7.09. The molecule has 1 aromatic rings. The van der Waals surface area contributed by atoms with Gasteiger partial charge in [0.05, 0.1) is 6.54 Å². The van der Waals surface area contributed by atoms with Gasteiger partial charge in [0, 0.05) is 17.8 Å². The van der Waals surface area contributed by atoms with E-state index in [1.165, 1.54) is 4.88 Å². The third-order valence-corrected chi connectivity index (χ3v) is 3.83. The Morgan fingerprint density at radius 2 is 2.10 bits per heavy atom. The quantitative estimate of drug-likeness (QED) is 0.529. The minimum atomic E-state index is 0. The van der Waals surface area contributed by atoms with Gasteiger partial charge in [-0.05, 0) is 30.8 Å². The van der Waals surface area contributed by atoms with Crippen molar-refractivity contribution in [1.82, 2.24) is 4.90 Å². The molecule has 0 radical (unpaired) electrons. The van der Waals surface area contributed by atoms with E-state index in [4.69, 9.17) is 5.73 Å². The maximum absolute atomic E-state index is 12.2. The van der Waals surface area contributed by atoms with Crippen molar-refractivity contribution in [2.45, 2.75) is 38.6 Å². The molecule has 0 aliphatic heterocycles. The number of hydrogen-bond donors (Lipinski definition) is 1. The van der Waals surface area contributed by atoms with Crippen LogP contribution in [0, 0.1) is 0 Å². The number of unbranched alkanes of at least 4 members (excludes halogenated alkanes) is 3. The molecular weight excluding hydrogens is 292 g/mol. The van der Waals surface area contributed by atoms with Crippen LogP contribution in [0.3, 0.4) is 0 Å². The minimum Gasteiger partial charge on any atom is -0.334 e. The van der Waals surface area contributed by atoms with Crippen molar-refractivity contribution in [2.24, 2.45) is 5.73 Å². The molecule has 0 aliphatic carbocycles. The third-order valence-electron chi connectivity index (χ3n) is 2.97. The average Bonchev–Trinajstić information content (AvgIpc) is 2.91. The van der Waals surface area contributed by atoms with Gasteiger partial charge < -0.3 is 10.6 Å². The molecule has 0 spiro atoms. The molecule has 1 rings (SSSR count). The van der Waals surface area contributed by atoms with Gasteiger partial charge in [0.25, 0.3) is 0 Å². The van der Waals surface area contributed by atoms with E-state index in [9.17, 15) is 4.79 Å². The normalized spacial score (nSPS) is 9.85. The standard InChI is InChI=1S/C15H24N2OS.ClH/c1-2-11-17(13-14-8-7-12-19-14)15(18)9-5-3-4-6-10-16;/h2,7-8,12H,1,3-6,9-11,13,16H2;1H. The zero-order valence-electron chi connectivity index (χ0n) is 11.9. The molecule has 5 heteroatoms. The molecule has 1 heterocycles. The number of amides is 1. The summed E-state index contributed by atoms with van der Waals surface area (Å²) < 4.78 is 0. The van der Waals surface area contributed by atoms with Crippen LogP contribution in [-0.4, -0.2) is 23.9 Å². The van der Waals surface area contributed by atoms with Gasteiger partial charge in [-0.1, -0.05) is 25.0 Å². The van der Waals surface area contributed by atoms with Crippen molar-refractivity contribution >= 4 is 29.7 Å². The molecule has 0 saturated carbocycles. The zero-order chi connectivity index (χ0) is 13.9. The Bertz CT molecular complexity index is 368. The SMILES string of the molecule is C=CCN(Cc1cccs1)C(=O)CCCCCCN.Cl. The highest BCUT2D eigenvalue weighted by Gasteiger charge is 2.12. The van der Waals surface area contributed by atoms with Gasteiger partial charge in [-0.15, -0.1) is 30.3 Å². The highest BCUT2D eigenvalue weighted by atomic mass is 35.5. The number of nitrogens with two attached hydrogens (primary N) is 1. The summed E-state index contributed by atoms with van der Waals surface area (Å²) in [5.74, 6) is 0.223. The van der Waals surface area contributed by atoms with E-state index in [1.54, 1.807) is 17.4 Å². The first-order chi connectivity index (χ1) is 9.27. The number of hydrogen-bond acceptors (Lipinski definition) is 3. The van der Waals surface area contributed by atoms with Crippen LogP contribution in [0.2, 0.25) is 0 Å². The molecule has 2 N–H and O–H groups in total. The number of rotatable bonds is 10. The molecule has 0 bridgehead atoms. The Balaban J connectivity index is 0.00000361. The number of carbonyl (C=O) groups excluding carboxylic acids is 1. The van der Waals surface area contributed by atoms with E-state index in [0.29, 0.717) is 19.5 Å². The Kier molecular flexibility index (Phi) is 11.4. The Hall–Kier alpha value is -0.840. The van der Waals surface area contributed by atoms with Crippen molar-refractivity contribution < 1.29 is 4.79 Å². The van der Waals surface area contributed by atoms with Crippen molar-refractivity contribution in [3.8, 4) is 0 Å². The molecule has 0 aromatic carbocycles. The number of nitrogens with zero attached hydrogens (tertiary/aromatic N) is 1. The van der Waals surface area contributed by atoms with Crippen LogP contribution in [0.4, 0.5) is 0 Å². The molecule has 0 atom stereocenters. The second-order valence-electron chi connectivity index (χ2n) is 4.60. The second kappa shape index (κ2) is 11.9. The summed E-state index contributed by atoms with van der Waals surface area (Å²) in [6, 6.07) is 4.08. The van der Waals surface area contributed by atoms with E-state index in [1.807, 2.05) is 16.3 Å². The summed E-state index contributed by atoms with van der Waals surface area (Å²) in [7, 11) is 0. The largest absolute Gasteiger partial charge is 0.334 e. The fourth-order valence-electron chi connectivity index (χ4n) is 1.93. The third kappa shape index (κ3) is 7.68. The molecule has 0 aliphatic rings. The molecule has 114 valence electrons. The lowest BCUT2D eigenvalue weighted by Crippen LogP contribution is -2.30. The maximum atomic E-state index is 12.2. The minimum absolute atomic E-state index is 0. The van der Waals surface area contributed by atoms with E-state index in [-0.39, 0.29) is 18.3 Å². The van der Waals surface area contributed by atoms with Gasteiger partial charge in [-0.3, -0.25) is 4.79 Å². The topological polar surface area (TPSA) is 46.3 Å². The molecule has 0 unspecified atom stereocenters. The predicted octanol–water partition coefficient (Wildman–Crippen LogP) is 3.59. The highest BCUT2D eigenvalue weighted by Crippen LogP contribution is 2.13. The number of carbonyl (C=O) groups is 1. The summed E-state index contributed by atoms with van der Waals surface area (Å²) in [4.78, 5) is 15.2.